The Labute approximate surface area is 119 Å². The van der Waals surface area contributed by atoms with E-state index in [4.69, 9.17) is 14.4 Å². The number of ether oxygens (including phenoxy) is 1. The average molecular weight is 283 g/mol. The van der Waals surface area contributed by atoms with E-state index in [9.17, 15) is 9.50 Å². The molecule has 0 saturated carbocycles. The highest BCUT2D eigenvalue weighted by Gasteiger charge is 2.18. The smallest absolute Gasteiger partial charge is 0.247 e. The number of hydrogen-bond acceptors (Lipinski definition) is 4. The van der Waals surface area contributed by atoms with Crippen molar-refractivity contribution >= 4 is 11.0 Å². The van der Waals surface area contributed by atoms with Gasteiger partial charge in [-0.05, 0) is 24.3 Å². The van der Waals surface area contributed by atoms with Gasteiger partial charge in [-0.15, -0.1) is 0 Å². The molecular formula is C16H10FNO3. The maximum absolute atomic E-state index is 13.6. The maximum atomic E-state index is 13.6. The molecule has 0 amide bonds. The number of halogens is 1. The van der Waals surface area contributed by atoms with E-state index < -0.39 is 12.4 Å². The van der Waals surface area contributed by atoms with Gasteiger partial charge < -0.3 is 14.3 Å². The second-order valence-electron chi connectivity index (χ2n) is 4.34. The van der Waals surface area contributed by atoms with E-state index in [0.29, 0.717) is 11.0 Å². The summed E-state index contributed by atoms with van der Waals surface area (Å²) in [5.74, 6) is -0.195. The molecule has 1 N–H and O–H groups in total. The van der Waals surface area contributed by atoms with E-state index in [-0.39, 0.29) is 22.8 Å². The summed E-state index contributed by atoms with van der Waals surface area (Å²) < 4.78 is 24.7. The Bertz CT molecular complexity index is 848. The monoisotopic (exact) mass is 283 g/mol. The van der Waals surface area contributed by atoms with Crippen LogP contribution in [0.3, 0.4) is 0 Å². The molecular weight excluding hydrogens is 273 g/mol. The third-order valence-electron chi connectivity index (χ3n) is 3.10. The molecule has 104 valence electrons. The number of nitrogens with zero attached hydrogens (tertiary/aromatic N) is 1. The van der Waals surface area contributed by atoms with Crippen LogP contribution in [-0.2, 0) is 6.61 Å². The first-order valence-corrected chi connectivity index (χ1v) is 6.22. The Morgan fingerprint density at radius 1 is 1.19 bits per heavy atom. The summed E-state index contributed by atoms with van der Waals surface area (Å²) in [7, 11) is 0. The highest BCUT2D eigenvalue weighted by atomic mass is 19.1. The highest BCUT2D eigenvalue weighted by molar-refractivity contribution is 5.86. The van der Waals surface area contributed by atoms with Gasteiger partial charge in [0.1, 0.15) is 23.2 Å². The molecule has 3 rings (SSSR count). The molecule has 2 aromatic carbocycles. The number of benzene rings is 2. The minimum absolute atomic E-state index is 0.00403. The fourth-order valence-corrected chi connectivity index (χ4v) is 2.09. The van der Waals surface area contributed by atoms with Crippen LogP contribution in [0.2, 0.25) is 0 Å². The Hall–Kier alpha value is -2.84. The number of nitriles is 1. The first-order chi connectivity index (χ1) is 10.2. The molecule has 0 atom stereocenters. The van der Waals surface area contributed by atoms with Gasteiger partial charge in [0.05, 0.1) is 17.6 Å². The third kappa shape index (κ3) is 2.22. The van der Waals surface area contributed by atoms with Crippen molar-refractivity contribution in [1.82, 2.24) is 0 Å². The van der Waals surface area contributed by atoms with E-state index >= 15 is 0 Å². The van der Waals surface area contributed by atoms with Crippen LogP contribution < -0.4 is 4.74 Å². The second-order valence-corrected chi connectivity index (χ2v) is 4.34. The van der Waals surface area contributed by atoms with Crippen molar-refractivity contribution in [1.29, 1.82) is 5.26 Å². The van der Waals surface area contributed by atoms with Gasteiger partial charge in [0.15, 0.2) is 5.75 Å². The predicted molar refractivity (Wildman–Crippen MR) is 73.3 cm³/mol. The third-order valence-corrected chi connectivity index (χ3v) is 3.10. The first kappa shape index (κ1) is 13.2. The zero-order valence-corrected chi connectivity index (χ0v) is 10.8. The molecule has 21 heavy (non-hydrogen) atoms. The van der Waals surface area contributed by atoms with Crippen LogP contribution in [0, 0.1) is 17.1 Å². The van der Waals surface area contributed by atoms with Gasteiger partial charge in [0.25, 0.3) is 0 Å². The van der Waals surface area contributed by atoms with Crippen molar-refractivity contribution < 1.29 is 18.7 Å². The zero-order valence-electron chi connectivity index (χ0n) is 10.8. The molecule has 0 aliphatic heterocycles. The minimum Gasteiger partial charge on any atom is -0.451 e. The number of para-hydroxylation sites is 1. The van der Waals surface area contributed by atoms with Gasteiger partial charge >= 0.3 is 0 Å². The fourth-order valence-electron chi connectivity index (χ4n) is 2.09. The molecule has 4 nitrogen and oxygen atoms in total. The van der Waals surface area contributed by atoms with Crippen molar-refractivity contribution in [3.8, 4) is 17.6 Å². The molecule has 0 bridgehead atoms. The van der Waals surface area contributed by atoms with Crippen LogP contribution in [-0.4, -0.2) is 5.11 Å². The van der Waals surface area contributed by atoms with Gasteiger partial charge in [-0.2, -0.15) is 5.26 Å². The Morgan fingerprint density at radius 2 is 2.00 bits per heavy atom. The van der Waals surface area contributed by atoms with Gasteiger partial charge in [-0.3, -0.25) is 0 Å². The van der Waals surface area contributed by atoms with Crippen LogP contribution in [0.25, 0.3) is 11.0 Å². The molecule has 0 unspecified atom stereocenters. The van der Waals surface area contributed by atoms with Crippen LogP contribution >= 0.6 is 0 Å². The largest absolute Gasteiger partial charge is 0.451 e. The second kappa shape index (κ2) is 5.27. The summed E-state index contributed by atoms with van der Waals surface area (Å²) in [6.45, 7) is -0.500. The quantitative estimate of drug-likeness (QED) is 0.795. The van der Waals surface area contributed by atoms with Crippen molar-refractivity contribution in [2.45, 2.75) is 6.61 Å². The summed E-state index contributed by atoms with van der Waals surface area (Å²) in [5, 5.41) is 19.0. The first-order valence-electron chi connectivity index (χ1n) is 6.22. The van der Waals surface area contributed by atoms with Gasteiger partial charge in [-0.25, -0.2) is 4.39 Å². The average Bonchev–Trinajstić information content (AvgIpc) is 2.86. The van der Waals surface area contributed by atoms with Crippen LogP contribution in [0.1, 0.15) is 11.3 Å². The summed E-state index contributed by atoms with van der Waals surface area (Å²) in [5.41, 5.74) is 0.540. The molecule has 0 aliphatic carbocycles. The lowest BCUT2D eigenvalue weighted by molar-refractivity contribution is 0.270. The topological polar surface area (TPSA) is 66.4 Å². The lowest BCUT2D eigenvalue weighted by Gasteiger charge is -2.09. The highest BCUT2D eigenvalue weighted by Crippen LogP contribution is 2.37. The zero-order chi connectivity index (χ0) is 14.8. The number of aliphatic hydroxyl groups excluding tert-OH is 1. The summed E-state index contributed by atoms with van der Waals surface area (Å²) in [6, 6.07) is 13.1. The number of hydrogen-bond donors (Lipinski definition) is 1. The number of rotatable bonds is 3. The Morgan fingerprint density at radius 3 is 2.76 bits per heavy atom. The number of aliphatic hydroxyl groups is 1. The lowest BCUT2D eigenvalue weighted by Crippen LogP contribution is -1.95. The molecule has 5 heteroatoms. The van der Waals surface area contributed by atoms with Gasteiger partial charge in [-0.1, -0.05) is 18.2 Å². The molecule has 0 radical (unpaired) electrons. The normalized spacial score (nSPS) is 10.5. The molecule has 3 aromatic rings. The van der Waals surface area contributed by atoms with Gasteiger partial charge in [0.2, 0.25) is 5.76 Å². The summed E-state index contributed by atoms with van der Waals surface area (Å²) in [4.78, 5) is 0. The van der Waals surface area contributed by atoms with E-state index in [0.717, 1.165) is 0 Å². The van der Waals surface area contributed by atoms with Crippen molar-refractivity contribution in [2.24, 2.45) is 0 Å². The standard InChI is InChI=1S/C16H10FNO3/c17-12-5-3-7-14(11(12)9-19)21-16-10-4-1-2-6-13(10)20-15(16)8-18/h1-7,19H,9H2. The molecule has 0 fully saturated rings. The number of fused-ring (bicyclic) bond motifs is 1. The predicted octanol–water partition coefficient (Wildman–Crippen LogP) is 3.73. The van der Waals surface area contributed by atoms with Crippen molar-refractivity contribution in [3.63, 3.8) is 0 Å². The number of furan rings is 1. The van der Waals surface area contributed by atoms with Gasteiger partial charge in [0, 0.05) is 0 Å². The lowest BCUT2D eigenvalue weighted by atomic mass is 10.2. The SMILES string of the molecule is N#Cc1oc2ccccc2c1Oc1cccc(F)c1CO. The molecule has 0 aliphatic rings. The van der Waals surface area contributed by atoms with Crippen molar-refractivity contribution in [3.05, 3.63) is 59.6 Å². The maximum Gasteiger partial charge on any atom is 0.247 e. The molecule has 1 heterocycles. The molecule has 0 saturated heterocycles. The van der Waals surface area contributed by atoms with E-state index in [2.05, 4.69) is 0 Å². The summed E-state index contributed by atoms with van der Waals surface area (Å²) in [6.07, 6.45) is 0. The van der Waals surface area contributed by atoms with Crippen LogP contribution in [0.5, 0.6) is 11.5 Å². The van der Waals surface area contributed by atoms with E-state index in [1.54, 1.807) is 24.3 Å². The van der Waals surface area contributed by atoms with E-state index in [1.165, 1.54) is 18.2 Å². The van der Waals surface area contributed by atoms with Crippen molar-refractivity contribution in [2.75, 3.05) is 0 Å². The van der Waals surface area contributed by atoms with E-state index in [1.807, 2.05) is 6.07 Å². The fraction of sp³-hybridized carbons (Fsp3) is 0.0625. The minimum atomic E-state index is -0.568. The molecule has 0 spiro atoms. The molecule has 1 aromatic heterocycles. The van der Waals surface area contributed by atoms with Crippen LogP contribution in [0.15, 0.2) is 46.9 Å². The Balaban J connectivity index is 2.15. The summed E-state index contributed by atoms with van der Waals surface area (Å²) >= 11 is 0. The van der Waals surface area contributed by atoms with Crippen LogP contribution in [0.4, 0.5) is 4.39 Å². The Kier molecular flexibility index (Phi) is 3.30.